The van der Waals surface area contributed by atoms with E-state index in [9.17, 15) is 4.39 Å². The quantitative estimate of drug-likeness (QED) is 0.514. The lowest BCUT2D eigenvalue weighted by Gasteiger charge is -2.10. The summed E-state index contributed by atoms with van der Waals surface area (Å²) in [5.74, 6) is 0.00589. The van der Waals surface area contributed by atoms with Gasteiger partial charge in [-0.2, -0.15) is 0 Å². The van der Waals surface area contributed by atoms with Gasteiger partial charge in [-0.25, -0.2) is 9.37 Å². The Labute approximate surface area is 132 Å². The van der Waals surface area contributed by atoms with E-state index in [0.717, 1.165) is 0 Å². The Balaban J connectivity index is 2.40. The van der Waals surface area contributed by atoms with Crippen LogP contribution in [-0.4, -0.2) is 4.98 Å². The summed E-state index contributed by atoms with van der Waals surface area (Å²) in [5.41, 5.74) is 0.559. The van der Waals surface area contributed by atoms with Crippen molar-refractivity contribution < 1.29 is 4.39 Å². The Bertz CT molecular complexity index is 607. The van der Waals surface area contributed by atoms with Gasteiger partial charge < -0.3 is 5.32 Å². The third-order valence-electron chi connectivity index (χ3n) is 2.09. The third kappa shape index (κ3) is 2.99. The van der Waals surface area contributed by atoms with Gasteiger partial charge in [-0.05, 0) is 40.8 Å². The van der Waals surface area contributed by atoms with E-state index < -0.39 is 0 Å². The summed E-state index contributed by atoms with van der Waals surface area (Å²) in [6.07, 6.45) is 0. The standard InChI is InChI=1S/C11H5Cl3FIN2/c12-5-4-6(13)11(18-10(5)14)17-8-3-1-2-7(15)9(8)16/h1-4H,(H,17,18). The molecule has 0 amide bonds. The summed E-state index contributed by atoms with van der Waals surface area (Å²) in [4.78, 5) is 4.00. The fourth-order valence-electron chi connectivity index (χ4n) is 1.26. The number of anilines is 2. The van der Waals surface area contributed by atoms with Gasteiger partial charge in [0.25, 0.3) is 0 Å². The zero-order valence-electron chi connectivity index (χ0n) is 8.65. The summed E-state index contributed by atoms with van der Waals surface area (Å²) in [5, 5.41) is 3.62. The van der Waals surface area contributed by atoms with Crippen molar-refractivity contribution in [3.05, 3.63) is 48.9 Å². The fraction of sp³-hybridized carbons (Fsp3) is 0. The second-order valence-electron chi connectivity index (χ2n) is 3.32. The molecule has 0 bridgehead atoms. The van der Waals surface area contributed by atoms with E-state index in [1.54, 1.807) is 12.1 Å². The van der Waals surface area contributed by atoms with Gasteiger partial charge in [0, 0.05) is 0 Å². The first-order valence-electron chi connectivity index (χ1n) is 4.71. The van der Waals surface area contributed by atoms with Crippen LogP contribution in [-0.2, 0) is 0 Å². The number of hydrogen-bond donors (Lipinski definition) is 1. The van der Waals surface area contributed by atoms with Crippen LogP contribution < -0.4 is 5.32 Å². The molecule has 0 unspecified atom stereocenters. The smallest absolute Gasteiger partial charge is 0.151 e. The molecule has 7 heteroatoms. The Kier molecular flexibility index (Phi) is 4.53. The molecule has 0 fully saturated rings. The van der Waals surface area contributed by atoms with Crippen LogP contribution in [0.3, 0.4) is 0 Å². The molecule has 0 atom stereocenters. The maximum absolute atomic E-state index is 13.4. The molecule has 0 aliphatic carbocycles. The summed E-state index contributed by atoms with van der Waals surface area (Å²) in [6, 6.07) is 6.15. The number of benzene rings is 1. The van der Waals surface area contributed by atoms with Gasteiger partial charge in [0.05, 0.1) is 19.3 Å². The summed E-state index contributed by atoms with van der Waals surface area (Å²) >= 11 is 19.5. The van der Waals surface area contributed by atoms with Crippen LogP contribution in [0.15, 0.2) is 24.3 Å². The molecule has 0 saturated heterocycles. The average Bonchev–Trinajstić information content (AvgIpc) is 2.32. The molecule has 1 N–H and O–H groups in total. The van der Waals surface area contributed by atoms with Crippen molar-refractivity contribution in [1.29, 1.82) is 0 Å². The van der Waals surface area contributed by atoms with Gasteiger partial charge in [-0.3, -0.25) is 0 Å². The van der Waals surface area contributed by atoms with E-state index >= 15 is 0 Å². The predicted octanol–water partition coefficient (Wildman–Crippen LogP) is 5.53. The monoisotopic (exact) mass is 416 g/mol. The minimum Gasteiger partial charge on any atom is -0.338 e. The lowest BCUT2D eigenvalue weighted by Crippen LogP contribution is -1.98. The van der Waals surface area contributed by atoms with Crippen molar-refractivity contribution in [3.63, 3.8) is 0 Å². The van der Waals surface area contributed by atoms with Gasteiger partial charge in [0.2, 0.25) is 0 Å². The van der Waals surface area contributed by atoms with Crippen LogP contribution in [0.1, 0.15) is 0 Å². The molecule has 2 rings (SSSR count). The Morgan fingerprint density at radius 3 is 2.61 bits per heavy atom. The first kappa shape index (κ1) is 14.1. The Morgan fingerprint density at radius 2 is 1.89 bits per heavy atom. The van der Waals surface area contributed by atoms with Crippen molar-refractivity contribution in [2.75, 3.05) is 5.32 Å². The molecule has 2 nitrogen and oxygen atoms in total. The number of nitrogens with one attached hydrogen (secondary N) is 1. The second kappa shape index (κ2) is 5.77. The van der Waals surface area contributed by atoms with E-state index in [0.29, 0.717) is 20.1 Å². The molecule has 0 radical (unpaired) electrons. The predicted molar refractivity (Wildman–Crippen MR) is 81.7 cm³/mol. The van der Waals surface area contributed by atoms with E-state index in [4.69, 9.17) is 34.8 Å². The fourth-order valence-corrected chi connectivity index (χ4v) is 2.30. The van der Waals surface area contributed by atoms with Gasteiger partial charge in [-0.1, -0.05) is 40.9 Å². The molecular weight excluding hydrogens is 412 g/mol. The van der Waals surface area contributed by atoms with Crippen LogP contribution in [0, 0.1) is 9.39 Å². The summed E-state index contributed by atoms with van der Waals surface area (Å²) in [6.45, 7) is 0. The molecule has 1 heterocycles. The first-order valence-corrected chi connectivity index (χ1v) is 6.93. The third-order valence-corrected chi connectivity index (χ3v) is 4.15. The van der Waals surface area contributed by atoms with Gasteiger partial charge in [0.1, 0.15) is 11.0 Å². The van der Waals surface area contributed by atoms with Crippen molar-refractivity contribution >= 4 is 68.9 Å². The number of aromatic nitrogens is 1. The maximum atomic E-state index is 13.4. The molecular formula is C11H5Cl3FIN2. The molecule has 2 aromatic rings. The molecule has 1 aromatic heterocycles. The minimum absolute atomic E-state index is 0.134. The molecule has 0 spiro atoms. The average molecular weight is 417 g/mol. The Morgan fingerprint density at radius 1 is 1.17 bits per heavy atom. The van der Waals surface area contributed by atoms with E-state index in [2.05, 4.69) is 10.3 Å². The Hall–Kier alpha value is -0.300. The normalized spacial score (nSPS) is 10.5. The zero-order valence-corrected chi connectivity index (χ0v) is 13.1. The largest absolute Gasteiger partial charge is 0.338 e. The number of halogens is 5. The van der Waals surface area contributed by atoms with Gasteiger partial charge in [0.15, 0.2) is 5.82 Å². The van der Waals surface area contributed by atoms with Gasteiger partial charge in [-0.15, -0.1) is 0 Å². The van der Waals surface area contributed by atoms with E-state index in [-0.39, 0.29) is 16.0 Å². The number of pyridine rings is 1. The van der Waals surface area contributed by atoms with Gasteiger partial charge >= 0.3 is 0 Å². The molecule has 18 heavy (non-hydrogen) atoms. The lowest BCUT2D eigenvalue weighted by atomic mass is 10.3. The van der Waals surface area contributed by atoms with Crippen LogP contribution >= 0.6 is 57.4 Å². The summed E-state index contributed by atoms with van der Waals surface area (Å²) < 4.78 is 13.8. The maximum Gasteiger partial charge on any atom is 0.151 e. The lowest BCUT2D eigenvalue weighted by molar-refractivity contribution is 0.621. The summed E-state index contributed by atoms with van der Waals surface area (Å²) in [7, 11) is 0. The zero-order chi connectivity index (χ0) is 13.3. The number of hydrogen-bond acceptors (Lipinski definition) is 2. The highest BCUT2D eigenvalue weighted by Crippen LogP contribution is 2.32. The van der Waals surface area contributed by atoms with E-state index in [1.807, 2.05) is 22.6 Å². The van der Waals surface area contributed by atoms with Crippen LogP contribution in [0.5, 0.6) is 0 Å². The highest BCUT2D eigenvalue weighted by molar-refractivity contribution is 14.1. The van der Waals surface area contributed by atoms with Crippen molar-refractivity contribution in [3.8, 4) is 0 Å². The number of nitrogens with zero attached hydrogens (tertiary/aromatic N) is 1. The van der Waals surface area contributed by atoms with Crippen LogP contribution in [0.25, 0.3) is 0 Å². The number of rotatable bonds is 2. The molecule has 0 aliphatic rings. The highest BCUT2D eigenvalue weighted by Gasteiger charge is 2.11. The molecule has 0 aliphatic heterocycles. The van der Waals surface area contributed by atoms with E-state index in [1.165, 1.54) is 12.1 Å². The molecule has 94 valence electrons. The van der Waals surface area contributed by atoms with Crippen molar-refractivity contribution in [2.45, 2.75) is 0 Å². The van der Waals surface area contributed by atoms with Crippen LogP contribution in [0.2, 0.25) is 15.2 Å². The minimum atomic E-state index is -0.322. The highest BCUT2D eigenvalue weighted by atomic mass is 127. The molecule has 0 saturated carbocycles. The second-order valence-corrected chi connectivity index (χ2v) is 5.57. The van der Waals surface area contributed by atoms with Crippen LogP contribution in [0.4, 0.5) is 15.9 Å². The SMILES string of the molecule is Fc1cccc(Nc2nc(Cl)c(Cl)cc2Cl)c1I. The topological polar surface area (TPSA) is 24.9 Å². The van der Waals surface area contributed by atoms with Crippen molar-refractivity contribution in [2.24, 2.45) is 0 Å². The first-order chi connectivity index (χ1) is 8.49. The molecule has 1 aromatic carbocycles. The van der Waals surface area contributed by atoms with Crippen molar-refractivity contribution in [1.82, 2.24) is 4.98 Å².